The highest BCUT2D eigenvalue weighted by atomic mass is 32.2. The standard InChI is InChI=1S/C17H13FN2O2S/c18-14-7-9-15(10-8-14)23(21,22)20-11-13-6-5-12-3-1-2-4-16(12)17(13)19-20/h1-4,7-11H,5-6H2. The molecule has 0 radical (unpaired) electrons. The van der Waals surface area contributed by atoms with Crippen LogP contribution < -0.4 is 0 Å². The average Bonchev–Trinajstić information content (AvgIpc) is 3.01. The van der Waals surface area contributed by atoms with E-state index >= 15 is 0 Å². The molecule has 6 heteroatoms. The lowest BCUT2D eigenvalue weighted by Gasteiger charge is -2.13. The van der Waals surface area contributed by atoms with Crippen LogP contribution in [0, 0.1) is 5.82 Å². The van der Waals surface area contributed by atoms with Gasteiger partial charge in [0.1, 0.15) is 5.82 Å². The molecule has 4 rings (SSSR count). The van der Waals surface area contributed by atoms with Crippen molar-refractivity contribution in [1.29, 1.82) is 0 Å². The third-order valence-electron chi connectivity index (χ3n) is 4.06. The molecule has 116 valence electrons. The minimum absolute atomic E-state index is 0.0204. The molecule has 0 amide bonds. The number of rotatable bonds is 2. The van der Waals surface area contributed by atoms with Gasteiger partial charge in [0.2, 0.25) is 0 Å². The first-order valence-corrected chi connectivity index (χ1v) is 8.68. The van der Waals surface area contributed by atoms with Crippen molar-refractivity contribution >= 4 is 10.0 Å². The van der Waals surface area contributed by atoms with Gasteiger partial charge in [-0.05, 0) is 48.2 Å². The highest BCUT2D eigenvalue weighted by molar-refractivity contribution is 7.89. The number of halogens is 1. The fourth-order valence-corrected chi connectivity index (χ4v) is 4.02. The van der Waals surface area contributed by atoms with E-state index in [0.717, 1.165) is 40.2 Å². The number of aromatic nitrogens is 2. The van der Waals surface area contributed by atoms with Crippen LogP contribution in [0.1, 0.15) is 11.1 Å². The van der Waals surface area contributed by atoms with E-state index < -0.39 is 15.8 Å². The first kappa shape index (κ1) is 14.1. The SMILES string of the molecule is O=S(=O)(c1ccc(F)cc1)n1cc2c(n1)-c1ccccc1CC2. The van der Waals surface area contributed by atoms with Crippen molar-refractivity contribution in [2.24, 2.45) is 0 Å². The number of aryl methyl sites for hydroxylation is 2. The summed E-state index contributed by atoms with van der Waals surface area (Å²) in [5, 5.41) is 4.30. The largest absolute Gasteiger partial charge is 0.282 e. The van der Waals surface area contributed by atoms with Crippen molar-refractivity contribution in [3.8, 4) is 11.3 Å². The quantitative estimate of drug-likeness (QED) is 0.726. The molecule has 1 aliphatic carbocycles. The lowest BCUT2D eigenvalue weighted by molar-refractivity contribution is 0.579. The maximum Gasteiger partial charge on any atom is 0.282 e. The number of nitrogens with zero attached hydrogens (tertiary/aromatic N) is 2. The zero-order valence-electron chi connectivity index (χ0n) is 12.1. The topological polar surface area (TPSA) is 52.0 Å². The molecule has 3 aromatic rings. The second kappa shape index (κ2) is 5.03. The zero-order valence-corrected chi connectivity index (χ0v) is 12.9. The van der Waals surface area contributed by atoms with Crippen LogP contribution in [-0.2, 0) is 22.9 Å². The van der Waals surface area contributed by atoms with Crippen LogP contribution in [0.5, 0.6) is 0 Å². The van der Waals surface area contributed by atoms with E-state index in [-0.39, 0.29) is 4.90 Å². The van der Waals surface area contributed by atoms with Gasteiger partial charge in [-0.25, -0.2) is 4.39 Å². The summed E-state index contributed by atoms with van der Waals surface area (Å²) < 4.78 is 39.3. The Morgan fingerprint density at radius 1 is 0.957 bits per heavy atom. The molecule has 23 heavy (non-hydrogen) atoms. The smallest absolute Gasteiger partial charge is 0.207 e. The van der Waals surface area contributed by atoms with Crippen molar-refractivity contribution in [1.82, 2.24) is 9.19 Å². The van der Waals surface area contributed by atoms with E-state index in [0.29, 0.717) is 5.69 Å². The first-order chi connectivity index (χ1) is 11.1. The lowest BCUT2D eigenvalue weighted by atomic mass is 9.91. The van der Waals surface area contributed by atoms with Gasteiger partial charge in [-0.2, -0.15) is 17.6 Å². The Kier molecular flexibility index (Phi) is 3.09. The number of benzene rings is 2. The minimum Gasteiger partial charge on any atom is -0.207 e. The molecule has 0 N–H and O–H groups in total. The Balaban J connectivity index is 1.84. The fourth-order valence-electron chi connectivity index (χ4n) is 2.87. The minimum atomic E-state index is -3.81. The van der Waals surface area contributed by atoms with Gasteiger partial charge in [0.15, 0.2) is 0 Å². The maximum atomic E-state index is 13.0. The summed E-state index contributed by atoms with van der Waals surface area (Å²) >= 11 is 0. The molecule has 4 nitrogen and oxygen atoms in total. The summed E-state index contributed by atoms with van der Waals surface area (Å²) in [6.07, 6.45) is 3.18. The average molecular weight is 328 g/mol. The molecule has 2 aromatic carbocycles. The second-order valence-corrected chi connectivity index (χ2v) is 7.29. The summed E-state index contributed by atoms with van der Waals surface area (Å²) in [4.78, 5) is 0.0204. The van der Waals surface area contributed by atoms with Crippen LogP contribution in [0.15, 0.2) is 59.6 Å². The van der Waals surface area contributed by atoms with Gasteiger partial charge in [0.25, 0.3) is 10.0 Å². The van der Waals surface area contributed by atoms with Gasteiger partial charge in [-0.1, -0.05) is 24.3 Å². The Labute approximate surface area is 133 Å². The maximum absolute atomic E-state index is 13.0. The van der Waals surface area contributed by atoms with Crippen LogP contribution >= 0.6 is 0 Å². The Bertz CT molecular complexity index is 992. The fraction of sp³-hybridized carbons (Fsp3) is 0.118. The molecule has 0 aliphatic heterocycles. The highest BCUT2D eigenvalue weighted by Crippen LogP contribution is 2.32. The van der Waals surface area contributed by atoms with Crippen LogP contribution in [0.4, 0.5) is 4.39 Å². The Morgan fingerprint density at radius 2 is 1.65 bits per heavy atom. The Hall–Kier alpha value is -2.47. The molecule has 0 saturated carbocycles. The van der Waals surface area contributed by atoms with Crippen LogP contribution in [-0.4, -0.2) is 17.6 Å². The third kappa shape index (κ3) is 2.26. The van der Waals surface area contributed by atoms with Crippen molar-refractivity contribution < 1.29 is 12.8 Å². The van der Waals surface area contributed by atoms with Gasteiger partial charge >= 0.3 is 0 Å². The van der Waals surface area contributed by atoms with Gasteiger partial charge in [-0.15, -0.1) is 0 Å². The van der Waals surface area contributed by atoms with Gasteiger partial charge < -0.3 is 0 Å². The number of fused-ring (bicyclic) bond motifs is 3. The molecular weight excluding hydrogens is 315 g/mol. The van der Waals surface area contributed by atoms with Crippen molar-refractivity contribution in [2.45, 2.75) is 17.7 Å². The normalized spacial score (nSPS) is 13.4. The molecule has 0 fully saturated rings. The molecule has 0 atom stereocenters. The monoisotopic (exact) mass is 328 g/mol. The van der Waals surface area contributed by atoms with Gasteiger partial charge in [-0.3, -0.25) is 0 Å². The van der Waals surface area contributed by atoms with E-state index in [1.165, 1.54) is 17.7 Å². The van der Waals surface area contributed by atoms with Crippen LogP contribution in [0.2, 0.25) is 0 Å². The predicted molar refractivity (Wildman–Crippen MR) is 84.1 cm³/mol. The first-order valence-electron chi connectivity index (χ1n) is 7.24. The molecule has 0 spiro atoms. The summed E-state index contributed by atoms with van der Waals surface area (Å²) in [5.41, 5.74) is 3.76. The molecule has 0 saturated heterocycles. The van der Waals surface area contributed by atoms with Crippen molar-refractivity contribution in [3.05, 3.63) is 71.7 Å². The van der Waals surface area contributed by atoms with E-state index in [2.05, 4.69) is 5.10 Å². The summed E-state index contributed by atoms with van der Waals surface area (Å²) in [6.45, 7) is 0. The second-order valence-electron chi connectivity index (χ2n) is 5.49. The predicted octanol–water partition coefficient (Wildman–Crippen LogP) is 3.02. The van der Waals surface area contributed by atoms with Gasteiger partial charge in [0, 0.05) is 11.8 Å². The Morgan fingerprint density at radius 3 is 2.43 bits per heavy atom. The van der Waals surface area contributed by atoms with Crippen molar-refractivity contribution in [3.63, 3.8) is 0 Å². The van der Waals surface area contributed by atoms with E-state index in [4.69, 9.17) is 0 Å². The molecule has 1 aliphatic rings. The van der Waals surface area contributed by atoms with Crippen LogP contribution in [0.3, 0.4) is 0 Å². The van der Waals surface area contributed by atoms with E-state index in [1.54, 1.807) is 6.20 Å². The lowest BCUT2D eigenvalue weighted by Crippen LogP contribution is -2.13. The highest BCUT2D eigenvalue weighted by Gasteiger charge is 2.24. The zero-order chi connectivity index (χ0) is 16.0. The molecule has 1 heterocycles. The third-order valence-corrected chi connectivity index (χ3v) is 5.61. The molecule has 0 bridgehead atoms. The molecular formula is C17H13FN2O2S. The molecule has 1 aromatic heterocycles. The van der Waals surface area contributed by atoms with Gasteiger partial charge in [0.05, 0.1) is 10.6 Å². The number of hydrogen-bond acceptors (Lipinski definition) is 3. The summed E-state index contributed by atoms with van der Waals surface area (Å²) in [5.74, 6) is -0.474. The summed E-state index contributed by atoms with van der Waals surface area (Å²) in [6, 6.07) is 12.6. The van der Waals surface area contributed by atoms with E-state index in [1.807, 2.05) is 24.3 Å². The summed E-state index contributed by atoms with van der Waals surface area (Å²) in [7, 11) is -3.81. The van der Waals surface area contributed by atoms with E-state index in [9.17, 15) is 12.8 Å². The van der Waals surface area contributed by atoms with Crippen molar-refractivity contribution in [2.75, 3.05) is 0 Å². The number of hydrogen-bond donors (Lipinski definition) is 0. The molecule has 0 unspecified atom stereocenters. The van der Waals surface area contributed by atoms with Crippen LogP contribution in [0.25, 0.3) is 11.3 Å².